The number of fused-ring (bicyclic) bond motifs is 1. The standard InChI is InChI=1S/C31H28F4N4O3/c1-17(2)30(3,16-36)39-27(40)20-7-5-6-19(14-20)22-15-23-25(28(41)37-4)26(18-8-10-21(32)11-9-18)42-29(23)38-24(22)12-13-31(33,34)35/h5-11,14-15,17H,12-13H2,1-4H3,(H,37,41)(H,39,40). The highest BCUT2D eigenvalue weighted by Crippen LogP contribution is 2.37. The highest BCUT2D eigenvalue weighted by molar-refractivity contribution is 6.11. The molecule has 0 aliphatic heterocycles. The van der Waals surface area contributed by atoms with Crippen molar-refractivity contribution < 1.29 is 31.6 Å². The molecule has 1 unspecified atom stereocenters. The molecule has 0 aliphatic rings. The lowest BCUT2D eigenvalue weighted by Crippen LogP contribution is -2.48. The van der Waals surface area contributed by atoms with Crippen LogP contribution in [0.4, 0.5) is 17.6 Å². The van der Waals surface area contributed by atoms with Crippen molar-refractivity contribution >= 4 is 22.9 Å². The molecular weight excluding hydrogens is 552 g/mol. The summed E-state index contributed by atoms with van der Waals surface area (Å²) in [4.78, 5) is 30.5. The molecule has 2 amide bonds. The molecule has 2 aromatic heterocycles. The second-order valence-corrected chi connectivity index (χ2v) is 10.3. The van der Waals surface area contributed by atoms with Crippen molar-refractivity contribution in [1.29, 1.82) is 5.26 Å². The van der Waals surface area contributed by atoms with Crippen molar-refractivity contribution in [3.8, 4) is 28.5 Å². The Morgan fingerprint density at radius 1 is 1.05 bits per heavy atom. The largest absolute Gasteiger partial charge is 0.437 e. The number of rotatable bonds is 8. The van der Waals surface area contributed by atoms with Gasteiger partial charge in [0.25, 0.3) is 11.8 Å². The molecule has 218 valence electrons. The molecule has 4 rings (SSSR count). The molecule has 0 spiro atoms. The van der Waals surface area contributed by atoms with Crippen LogP contribution in [-0.4, -0.2) is 35.6 Å². The molecule has 1 atom stereocenters. The molecule has 7 nitrogen and oxygen atoms in total. The van der Waals surface area contributed by atoms with Gasteiger partial charge >= 0.3 is 6.18 Å². The van der Waals surface area contributed by atoms with Crippen molar-refractivity contribution in [2.75, 3.05) is 7.05 Å². The summed E-state index contributed by atoms with van der Waals surface area (Å²) in [5.41, 5.74) is 0.105. The zero-order chi connectivity index (χ0) is 30.8. The fourth-order valence-electron chi connectivity index (χ4n) is 4.35. The minimum absolute atomic E-state index is 0.0456. The van der Waals surface area contributed by atoms with Gasteiger partial charge in [-0.15, -0.1) is 0 Å². The van der Waals surface area contributed by atoms with Gasteiger partial charge in [-0.1, -0.05) is 26.0 Å². The molecule has 0 aliphatic carbocycles. The smallest absolute Gasteiger partial charge is 0.389 e. The molecule has 4 aromatic rings. The van der Waals surface area contributed by atoms with E-state index < -0.39 is 42.2 Å². The van der Waals surface area contributed by atoms with Gasteiger partial charge in [0.1, 0.15) is 17.1 Å². The van der Waals surface area contributed by atoms with Crippen molar-refractivity contribution in [3.05, 3.63) is 77.2 Å². The Balaban J connectivity index is 1.91. The van der Waals surface area contributed by atoms with E-state index in [0.717, 1.165) is 0 Å². The van der Waals surface area contributed by atoms with Crippen molar-refractivity contribution in [3.63, 3.8) is 0 Å². The number of benzene rings is 2. The Morgan fingerprint density at radius 3 is 2.33 bits per heavy atom. The number of nitrogens with zero attached hydrogens (tertiary/aromatic N) is 2. The van der Waals surface area contributed by atoms with Gasteiger partial charge in [0.15, 0.2) is 0 Å². The van der Waals surface area contributed by atoms with E-state index in [9.17, 15) is 32.4 Å². The van der Waals surface area contributed by atoms with E-state index in [1.807, 2.05) is 0 Å². The first-order valence-corrected chi connectivity index (χ1v) is 13.1. The van der Waals surface area contributed by atoms with Crippen LogP contribution in [0.15, 0.2) is 59.0 Å². The lowest BCUT2D eigenvalue weighted by molar-refractivity contribution is -0.134. The van der Waals surface area contributed by atoms with Crippen molar-refractivity contribution in [2.24, 2.45) is 5.92 Å². The summed E-state index contributed by atoms with van der Waals surface area (Å²) in [7, 11) is 1.41. The number of aryl methyl sites for hydroxylation is 1. The van der Waals surface area contributed by atoms with Gasteiger partial charge < -0.3 is 15.1 Å². The van der Waals surface area contributed by atoms with Crippen LogP contribution in [0.3, 0.4) is 0 Å². The van der Waals surface area contributed by atoms with E-state index in [4.69, 9.17) is 4.42 Å². The quantitative estimate of drug-likeness (QED) is 0.222. The number of halogens is 4. The summed E-state index contributed by atoms with van der Waals surface area (Å²) in [6.07, 6.45) is -6.13. The highest BCUT2D eigenvalue weighted by Gasteiger charge is 2.31. The summed E-state index contributed by atoms with van der Waals surface area (Å²) in [6.45, 7) is 5.19. The number of alkyl halides is 3. The summed E-state index contributed by atoms with van der Waals surface area (Å²) in [5, 5.41) is 15.1. The Labute approximate surface area is 239 Å². The average molecular weight is 581 g/mol. The zero-order valence-corrected chi connectivity index (χ0v) is 23.3. The molecule has 0 saturated carbocycles. The van der Waals surface area contributed by atoms with Crippen LogP contribution in [-0.2, 0) is 6.42 Å². The maximum absolute atomic E-state index is 13.6. The fourth-order valence-corrected chi connectivity index (χ4v) is 4.35. The molecule has 0 saturated heterocycles. The molecule has 2 N–H and O–H groups in total. The first kappa shape index (κ1) is 30.2. The van der Waals surface area contributed by atoms with E-state index in [2.05, 4.69) is 21.7 Å². The van der Waals surface area contributed by atoms with Gasteiger partial charge in [0.05, 0.1) is 22.7 Å². The van der Waals surface area contributed by atoms with Crippen LogP contribution in [0.25, 0.3) is 33.6 Å². The normalized spacial score (nSPS) is 13.0. The zero-order valence-electron chi connectivity index (χ0n) is 23.3. The number of amides is 2. The summed E-state index contributed by atoms with van der Waals surface area (Å²) in [5.74, 6) is -1.70. The van der Waals surface area contributed by atoms with Crippen LogP contribution in [0.5, 0.6) is 0 Å². The number of hydrogen-bond donors (Lipinski definition) is 2. The van der Waals surface area contributed by atoms with E-state index in [-0.39, 0.29) is 45.2 Å². The number of carbonyl (C=O) groups excluding carboxylic acids is 2. The van der Waals surface area contributed by atoms with Gasteiger partial charge in [-0.25, -0.2) is 9.37 Å². The predicted octanol–water partition coefficient (Wildman–Crippen LogP) is 6.82. The maximum atomic E-state index is 13.6. The van der Waals surface area contributed by atoms with Crippen LogP contribution >= 0.6 is 0 Å². The lowest BCUT2D eigenvalue weighted by atomic mass is 9.89. The molecule has 2 heterocycles. The third-order valence-corrected chi connectivity index (χ3v) is 7.16. The van der Waals surface area contributed by atoms with Crippen molar-refractivity contribution in [1.82, 2.24) is 15.6 Å². The number of carbonyl (C=O) groups is 2. The number of pyridine rings is 1. The molecule has 0 fully saturated rings. The molecular formula is C31H28F4N4O3. The van der Waals surface area contributed by atoms with E-state index >= 15 is 0 Å². The molecule has 2 aromatic carbocycles. The first-order valence-electron chi connectivity index (χ1n) is 13.1. The van der Waals surface area contributed by atoms with Gasteiger partial charge in [-0.05, 0) is 67.3 Å². The number of nitriles is 1. The summed E-state index contributed by atoms with van der Waals surface area (Å²) >= 11 is 0. The minimum Gasteiger partial charge on any atom is -0.437 e. The fraction of sp³-hybridized carbons (Fsp3) is 0.290. The second-order valence-electron chi connectivity index (χ2n) is 10.3. The third-order valence-electron chi connectivity index (χ3n) is 7.16. The Kier molecular flexibility index (Phi) is 8.38. The number of hydrogen-bond acceptors (Lipinski definition) is 5. The van der Waals surface area contributed by atoms with Gasteiger partial charge in [0.2, 0.25) is 5.71 Å². The summed E-state index contributed by atoms with van der Waals surface area (Å²) < 4.78 is 59.3. The minimum atomic E-state index is -4.47. The molecule has 11 heteroatoms. The van der Waals surface area contributed by atoms with Gasteiger partial charge in [-0.3, -0.25) is 9.59 Å². The second kappa shape index (κ2) is 11.6. The summed E-state index contributed by atoms with van der Waals surface area (Å²) in [6, 6.07) is 15.0. The topological polar surface area (TPSA) is 108 Å². The van der Waals surface area contributed by atoms with E-state index in [1.165, 1.54) is 49.5 Å². The third kappa shape index (κ3) is 6.28. The van der Waals surface area contributed by atoms with E-state index in [0.29, 0.717) is 11.1 Å². The van der Waals surface area contributed by atoms with Crippen LogP contribution < -0.4 is 10.6 Å². The van der Waals surface area contributed by atoms with E-state index in [1.54, 1.807) is 32.9 Å². The predicted molar refractivity (Wildman–Crippen MR) is 149 cm³/mol. The molecule has 42 heavy (non-hydrogen) atoms. The molecule has 0 bridgehead atoms. The Morgan fingerprint density at radius 2 is 1.74 bits per heavy atom. The number of nitrogens with one attached hydrogen (secondary N) is 2. The van der Waals surface area contributed by atoms with Crippen LogP contribution in [0.1, 0.15) is 53.6 Å². The Hall–Kier alpha value is -4.72. The van der Waals surface area contributed by atoms with Crippen molar-refractivity contribution in [2.45, 2.75) is 45.3 Å². The lowest BCUT2D eigenvalue weighted by Gasteiger charge is -2.27. The Bertz CT molecular complexity index is 1690. The number of aromatic nitrogens is 1. The van der Waals surface area contributed by atoms with Crippen LogP contribution in [0.2, 0.25) is 0 Å². The first-order chi connectivity index (χ1) is 19.8. The maximum Gasteiger partial charge on any atom is 0.389 e. The van der Waals surface area contributed by atoms with Crippen LogP contribution in [0, 0.1) is 23.1 Å². The number of furan rings is 1. The molecule has 0 radical (unpaired) electrons. The monoisotopic (exact) mass is 580 g/mol. The van der Waals surface area contributed by atoms with Gasteiger partial charge in [-0.2, -0.15) is 18.4 Å². The van der Waals surface area contributed by atoms with Gasteiger partial charge in [0, 0.05) is 30.2 Å². The SMILES string of the molecule is CNC(=O)c1c(-c2ccc(F)cc2)oc2nc(CCC(F)(F)F)c(-c3cccc(C(=O)NC(C)(C#N)C(C)C)c3)cc12. The average Bonchev–Trinajstić information content (AvgIpc) is 3.33. The highest BCUT2D eigenvalue weighted by atomic mass is 19.4.